The third kappa shape index (κ3) is 10.7. The zero-order valence-corrected chi connectivity index (χ0v) is 27.8. The van der Waals surface area contributed by atoms with E-state index in [0.717, 1.165) is 24.8 Å². The van der Waals surface area contributed by atoms with E-state index in [4.69, 9.17) is 10.5 Å². The Morgan fingerprint density at radius 3 is 2.15 bits per heavy atom. The number of carbonyl (C=O) groups excluding carboxylic acids is 6. The summed E-state index contributed by atoms with van der Waals surface area (Å²) in [6.45, 7) is 11.2. The summed E-state index contributed by atoms with van der Waals surface area (Å²) >= 11 is 0. The molecule has 1 unspecified atom stereocenters. The van der Waals surface area contributed by atoms with E-state index in [1.807, 2.05) is 51.1 Å². The molecule has 3 rings (SSSR count). The maximum absolute atomic E-state index is 14.2. The number of nitrogens with one attached hydrogen (secondary N) is 4. The van der Waals surface area contributed by atoms with Crippen molar-refractivity contribution in [3.8, 4) is 0 Å². The van der Waals surface area contributed by atoms with Crippen LogP contribution in [-0.2, 0) is 30.5 Å². The summed E-state index contributed by atoms with van der Waals surface area (Å²) < 4.78 is 5.31. The molecule has 1 aromatic rings. The fourth-order valence-corrected chi connectivity index (χ4v) is 5.62. The van der Waals surface area contributed by atoms with Crippen LogP contribution in [0.1, 0.15) is 79.2 Å². The van der Waals surface area contributed by atoms with Crippen LogP contribution in [0.15, 0.2) is 30.3 Å². The number of ketones is 1. The summed E-state index contributed by atoms with van der Waals surface area (Å²) in [6.07, 6.45) is 2.59. The lowest BCUT2D eigenvalue weighted by atomic mass is 9.80. The number of nitrogens with two attached hydrogens (primary N) is 1. The van der Waals surface area contributed by atoms with Crippen LogP contribution in [0.3, 0.4) is 0 Å². The number of amides is 6. The van der Waals surface area contributed by atoms with E-state index in [2.05, 4.69) is 21.3 Å². The highest BCUT2D eigenvalue weighted by molar-refractivity contribution is 6.37. The molecule has 1 saturated carbocycles. The van der Waals surface area contributed by atoms with Crippen LogP contribution in [0.5, 0.6) is 0 Å². The van der Waals surface area contributed by atoms with Gasteiger partial charge in [-0.3, -0.25) is 19.2 Å². The first-order valence-corrected chi connectivity index (χ1v) is 15.9. The molecule has 46 heavy (non-hydrogen) atoms. The average Bonchev–Trinajstić information content (AvgIpc) is 3.37. The molecule has 13 heteroatoms. The molecule has 1 aliphatic carbocycles. The van der Waals surface area contributed by atoms with Gasteiger partial charge in [-0.15, -0.1) is 0 Å². The third-order valence-corrected chi connectivity index (χ3v) is 8.27. The number of rotatable bonds is 12. The zero-order chi connectivity index (χ0) is 34.2. The van der Waals surface area contributed by atoms with Gasteiger partial charge in [-0.2, -0.15) is 0 Å². The second-order valence-corrected chi connectivity index (χ2v) is 14.5. The van der Waals surface area contributed by atoms with Gasteiger partial charge in [0.2, 0.25) is 17.6 Å². The first-order chi connectivity index (χ1) is 21.4. The van der Waals surface area contributed by atoms with Gasteiger partial charge < -0.3 is 36.6 Å². The predicted octanol–water partition coefficient (Wildman–Crippen LogP) is 2.37. The smallest absolute Gasteiger partial charge is 0.407 e. The highest BCUT2D eigenvalue weighted by Crippen LogP contribution is 2.32. The minimum absolute atomic E-state index is 0.0822. The molecular weight excluding hydrogens is 592 g/mol. The van der Waals surface area contributed by atoms with E-state index < -0.39 is 64.7 Å². The summed E-state index contributed by atoms with van der Waals surface area (Å²) in [6, 6.07) is 5.53. The van der Waals surface area contributed by atoms with Crippen molar-refractivity contribution in [3.05, 3.63) is 35.9 Å². The molecule has 0 bridgehead atoms. The van der Waals surface area contributed by atoms with Crippen LogP contribution in [0.4, 0.5) is 9.59 Å². The van der Waals surface area contributed by atoms with Gasteiger partial charge in [0.1, 0.15) is 18.7 Å². The summed E-state index contributed by atoms with van der Waals surface area (Å²) in [5.41, 5.74) is 4.84. The summed E-state index contributed by atoms with van der Waals surface area (Å²) in [4.78, 5) is 79.2. The van der Waals surface area contributed by atoms with Gasteiger partial charge in [-0.1, -0.05) is 70.4 Å². The molecule has 2 aliphatic rings. The van der Waals surface area contributed by atoms with Crippen LogP contribution in [0.2, 0.25) is 0 Å². The van der Waals surface area contributed by atoms with Crippen molar-refractivity contribution in [2.45, 2.75) is 104 Å². The topological polar surface area (TPSA) is 189 Å². The number of Topliss-reactive ketones (excluding diaryl/α,β-unsaturated/α-hetero) is 1. The number of benzene rings is 1. The second kappa shape index (κ2) is 15.4. The molecular formula is C33H50N6O7. The Morgan fingerprint density at radius 2 is 1.61 bits per heavy atom. The first kappa shape index (κ1) is 36.3. The van der Waals surface area contributed by atoms with Crippen molar-refractivity contribution in [2.24, 2.45) is 23.0 Å². The number of ether oxygens (including phenoxy) is 1. The van der Waals surface area contributed by atoms with Gasteiger partial charge >= 0.3 is 12.1 Å². The molecule has 1 heterocycles. The van der Waals surface area contributed by atoms with Crippen molar-refractivity contribution in [1.82, 2.24) is 26.2 Å². The van der Waals surface area contributed by atoms with Crippen LogP contribution in [0.25, 0.3) is 0 Å². The second-order valence-electron chi connectivity index (χ2n) is 14.5. The Bertz CT molecular complexity index is 1270. The van der Waals surface area contributed by atoms with Crippen molar-refractivity contribution < 1.29 is 33.5 Å². The van der Waals surface area contributed by atoms with Gasteiger partial charge in [-0.25, -0.2) is 9.59 Å². The Kier molecular flexibility index (Phi) is 12.2. The van der Waals surface area contributed by atoms with E-state index in [9.17, 15) is 28.8 Å². The maximum Gasteiger partial charge on any atom is 0.407 e. The molecule has 6 amide bonds. The lowest BCUT2D eigenvalue weighted by molar-refractivity contribution is -0.143. The normalized spacial score (nSPS) is 19.7. The largest absolute Gasteiger partial charge is 0.445 e. The van der Waals surface area contributed by atoms with Crippen molar-refractivity contribution in [2.75, 3.05) is 13.1 Å². The van der Waals surface area contributed by atoms with E-state index in [0.29, 0.717) is 0 Å². The van der Waals surface area contributed by atoms with Crippen LogP contribution < -0.4 is 27.0 Å². The summed E-state index contributed by atoms with van der Waals surface area (Å²) in [7, 11) is 0. The number of hydrogen-bond donors (Lipinski definition) is 5. The van der Waals surface area contributed by atoms with E-state index >= 15 is 0 Å². The van der Waals surface area contributed by atoms with Gasteiger partial charge in [-0.05, 0) is 56.4 Å². The number of alkyl carbamates (subject to hydrolysis) is 1. The molecule has 0 spiro atoms. The average molecular weight is 643 g/mol. The minimum Gasteiger partial charge on any atom is -0.445 e. The molecule has 1 aliphatic heterocycles. The van der Waals surface area contributed by atoms with Gasteiger partial charge in [0.05, 0.1) is 6.04 Å². The van der Waals surface area contributed by atoms with Crippen molar-refractivity contribution in [3.63, 3.8) is 0 Å². The van der Waals surface area contributed by atoms with Gasteiger partial charge in [0.25, 0.3) is 5.91 Å². The summed E-state index contributed by atoms with van der Waals surface area (Å²) in [5, 5.41) is 11.0. The number of nitrogens with zero attached hydrogens (tertiary/aromatic N) is 1. The zero-order valence-electron chi connectivity index (χ0n) is 27.8. The number of likely N-dealkylation sites (tertiary alicyclic amines) is 1. The molecule has 6 N–H and O–H groups in total. The Balaban J connectivity index is 1.79. The van der Waals surface area contributed by atoms with E-state index in [1.54, 1.807) is 20.8 Å². The van der Waals surface area contributed by atoms with Gasteiger partial charge in [0, 0.05) is 18.6 Å². The highest BCUT2D eigenvalue weighted by atomic mass is 16.5. The monoisotopic (exact) mass is 642 g/mol. The number of carbonyl (C=O) groups is 6. The minimum atomic E-state index is -1.14. The van der Waals surface area contributed by atoms with Crippen molar-refractivity contribution >= 4 is 35.6 Å². The Morgan fingerprint density at radius 1 is 0.957 bits per heavy atom. The lowest BCUT2D eigenvalue weighted by Crippen LogP contribution is -2.61. The van der Waals surface area contributed by atoms with Gasteiger partial charge in [0.15, 0.2) is 0 Å². The molecule has 0 aromatic heterocycles. The number of urea groups is 1. The fourth-order valence-electron chi connectivity index (χ4n) is 5.62. The van der Waals surface area contributed by atoms with E-state index in [-0.39, 0.29) is 44.4 Å². The number of primary amides is 1. The van der Waals surface area contributed by atoms with E-state index in [1.165, 1.54) is 4.90 Å². The predicted molar refractivity (Wildman–Crippen MR) is 171 cm³/mol. The van der Waals surface area contributed by atoms with Crippen LogP contribution in [0, 0.1) is 17.3 Å². The van der Waals surface area contributed by atoms with Crippen LogP contribution >= 0.6 is 0 Å². The maximum atomic E-state index is 14.2. The highest BCUT2D eigenvalue weighted by Gasteiger charge is 2.46. The molecule has 13 nitrogen and oxygen atoms in total. The quantitative estimate of drug-likeness (QED) is 0.216. The molecule has 254 valence electrons. The lowest BCUT2D eigenvalue weighted by Gasteiger charge is -2.36. The third-order valence-electron chi connectivity index (χ3n) is 8.27. The molecule has 4 atom stereocenters. The molecule has 2 fully saturated rings. The molecule has 1 aromatic carbocycles. The SMILES string of the molecule is CC(C)(C)NC(=O)N[C@H](C(=O)N1C[C@H](CNC(=O)OCc2ccccc2)C[C@H]1C(=O)NC(CC1CCC1)C(=O)C(N)=O)C(C)(C)C. The molecule has 0 radical (unpaired) electrons. The number of hydrogen-bond acceptors (Lipinski definition) is 7. The van der Waals surface area contributed by atoms with Crippen LogP contribution in [-0.4, -0.2) is 77.3 Å². The van der Waals surface area contributed by atoms with Crippen molar-refractivity contribution in [1.29, 1.82) is 0 Å². The fraction of sp³-hybridized carbons (Fsp3) is 0.636. The molecule has 1 saturated heterocycles. The Hall–Kier alpha value is -4.16. The Labute approximate surface area is 271 Å². The first-order valence-electron chi connectivity index (χ1n) is 15.9. The standard InChI is InChI=1S/C33H50N6O7/c1-32(2,3)26(37-30(44)38-33(4,5)6)29(43)39-18-22(17-35-31(45)46-19-21-11-8-7-9-12-21)16-24(39)28(42)36-23(25(40)27(34)41)15-20-13-10-14-20/h7-9,11-12,20,22-24,26H,10,13-19H2,1-6H3,(H2,34,41)(H,35,45)(H,36,42)(H2,37,38,44)/t22-,23?,24-,26+/m0/s1. The summed E-state index contributed by atoms with van der Waals surface area (Å²) in [5.74, 6) is -3.27.